The minimum Gasteiger partial charge on any atom is -0.454 e. The van der Waals surface area contributed by atoms with E-state index >= 15 is 0 Å². The highest BCUT2D eigenvalue weighted by atomic mass is 16.3. The lowest BCUT2D eigenvalue weighted by Crippen LogP contribution is -2.11. The van der Waals surface area contributed by atoms with Gasteiger partial charge in [0.25, 0.3) is 0 Å². The molecule has 234 valence electrons. The fraction of sp³-hybridized carbons (Fsp3) is 0. The molecule has 0 aliphatic rings. The van der Waals surface area contributed by atoms with Crippen LogP contribution >= 0.6 is 0 Å². The first-order valence-corrected chi connectivity index (χ1v) is 17.1. The Kier molecular flexibility index (Phi) is 6.53. The highest BCUT2D eigenvalue weighted by molar-refractivity contribution is 6.17. The molecule has 2 heteroatoms. The second-order valence-electron chi connectivity index (χ2n) is 12.9. The van der Waals surface area contributed by atoms with Crippen LogP contribution in [0.25, 0.3) is 76.5 Å². The average Bonchev–Trinajstić information content (AvgIpc) is 3.57. The molecule has 10 aromatic rings. The Morgan fingerprint density at radius 2 is 1.00 bits per heavy atom. The summed E-state index contributed by atoms with van der Waals surface area (Å²) < 4.78 is 6.83. The third-order valence-electron chi connectivity index (χ3n) is 10.0. The lowest BCUT2D eigenvalue weighted by atomic mass is 9.96. The highest BCUT2D eigenvalue weighted by Crippen LogP contribution is 2.47. The number of rotatable bonds is 5. The summed E-state index contributed by atoms with van der Waals surface area (Å²) in [7, 11) is 0. The molecule has 2 nitrogen and oxygen atoms in total. The minimum absolute atomic E-state index is 0.862. The van der Waals surface area contributed by atoms with Crippen LogP contribution in [0.2, 0.25) is 0 Å². The van der Waals surface area contributed by atoms with E-state index in [2.05, 4.69) is 193 Å². The van der Waals surface area contributed by atoms with E-state index in [-0.39, 0.29) is 0 Å². The molecule has 0 saturated heterocycles. The summed E-state index contributed by atoms with van der Waals surface area (Å²) in [6.45, 7) is 0. The first-order valence-electron chi connectivity index (χ1n) is 17.1. The Bertz CT molecular complexity index is 2880. The van der Waals surface area contributed by atoms with Crippen molar-refractivity contribution in [3.63, 3.8) is 0 Å². The molecule has 0 atom stereocenters. The van der Waals surface area contributed by atoms with Crippen LogP contribution in [0.3, 0.4) is 0 Å². The van der Waals surface area contributed by atoms with E-state index in [1.807, 2.05) is 0 Å². The molecular formula is C48H31NO. The Labute approximate surface area is 290 Å². The van der Waals surface area contributed by atoms with Gasteiger partial charge in [0.15, 0.2) is 5.58 Å². The summed E-state index contributed by atoms with van der Waals surface area (Å²) in [5, 5.41) is 9.51. The molecule has 0 fully saturated rings. The van der Waals surface area contributed by atoms with Crippen LogP contribution in [0.5, 0.6) is 0 Å². The molecule has 0 saturated carbocycles. The number of hydrogen-bond acceptors (Lipinski definition) is 2. The predicted molar refractivity (Wildman–Crippen MR) is 212 cm³/mol. The van der Waals surface area contributed by atoms with E-state index < -0.39 is 0 Å². The maximum Gasteiger partial charge on any atom is 0.159 e. The number of para-hydroxylation sites is 1. The molecule has 1 aromatic heterocycles. The zero-order valence-electron chi connectivity index (χ0n) is 27.3. The number of fused-ring (bicyclic) bond motifs is 7. The van der Waals surface area contributed by atoms with Crippen LogP contribution in [0.4, 0.5) is 17.1 Å². The second kappa shape index (κ2) is 11.5. The quantitative estimate of drug-likeness (QED) is 0.175. The van der Waals surface area contributed by atoms with E-state index in [4.69, 9.17) is 4.42 Å². The van der Waals surface area contributed by atoms with Crippen molar-refractivity contribution < 1.29 is 4.42 Å². The third-order valence-corrected chi connectivity index (χ3v) is 10.0. The number of furan rings is 1. The monoisotopic (exact) mass is 637 g/mol. The van der Waals surface area contributed by atoms with Gasteiger partial charge in [0.05, 0.1) is 11.4 Å². The maximum atomic E-state index is 6.83. The zero-order chi connectivity index (χ0) is 33.0. The molecule has 50 heavy (non-hydrogen) atoms. The summed E-state index contributed by atoms with van der Waals surface area (Å²) in [4.78, 5) is 2.40. The Hall–Kier alpha value is -6.64. The molecular weight excluding hydrogens is 607 g/mol. The highest BCUT2D eigenvalue weighted by Gasteiger charge is 2.22. The van der Waals surface area contributed by atoms with Crippen LogP contribution in [0.1, 0.15) is 0 Å². The van der Waals surface area contributed by atoms with Gasteiger partial charge in [-0.3, -0.25) is 0 Å². The molecule has 0 radical (unpaired) electrons. The van der Waals surface area contributed by atoms with E-state index in [0.29, 0.717) is 0 Å². The molecule has 0 spiro atoms. The van der Waals surface area contributed by atoms with Gasteiger partial charge >= 0.3 is 0 Å². The van der Waals surface area contributed by atoms with E-state index in [9.17, 15) is 0 Å². The van der Waals surface area contributed by atoms with Crippen LogP contribution in [-0.4, -0.2) is 0 Å². The number of hydrogen-bond donors (Lipinski definition) is 0. The Balaban J connectivity index is 1.26. The lowest BCUT2D eigenvalue weighted by Gasteiger charge is -2.28. The second-order valence-corrected chi connectivity index (χ2v) is 12.9. The van der Waals surface area contributed by atoms with E-state index in [0.717, 1.165) is 39.0 Å². The van der Waals surface area contributed by atoms with Crippen molar-refractivity contribution in [2.24, 2.45) is 0 Å². The standard InChI is InChI=1S/C48H31NO/c1-2-13-32(14-3-1)34-27-28-47-44(30-34)43-25-12-26-45(48(43)50-47)49(46-31-36-16-5-7-21-40(36)41-22-8-9-23-42(41)46)37-19-10-18-35(29-37)39-24-11-17-33-15-4-6-20-38(33)39/h1-31H. The first-order chi connectivity index (χ1) is 24.8. The first kappa shape index (κ1) is 28.4. The lowest BCUT2D eigenvalue weighted by molar-refractivity contribution is 0.669. The topological polar surface area (TPSA) is 16.4 Å². The maximum absolute atomic E-state index is 6.83. The summed E-state index contributed by atoms with van der Waals surface area (Å²) in [6, 6.07) is 67.5. The summed E-state index contributed by atoms with van der Waals surface area (Å²) in [5.41, 5.74) is 9.64. The van der Waals surface area contributed by atoms with Crippen LogP contribution < -0.4 is 4.90 Å². The van der Waals surface area contributed by atoms with Gasteiger partial charge in [0.2, 0.25) is 0 Å². The Morgan fingerprint density at radius 3 is 1.88 bits per heavy atom. The smallest absolute Gasteiger partial charge is 0.159 e. The molecule has 1 heterocycles. The largest absolute Gasteiger partial charge is 0.454 e. The van der Waals surface area contributed by atoms with E-state index in [1.54, 1.807) is 0 Å². The number of benzene rings is 9. The van der Waals surface area contributed by atoms with Gasteiger partial charge in [-0.15, -0.1) is 0 Å². The third kappa shape index (κ3) is 4.57. The number of anilines is 3. The minimum atomic E-state index is 0.862. The molecule has 9 aromatic carbocycles. The van der Waals surface area contributed by atoms with Crippen LogP contribution in [-0.2, 0) is 0 Å². The van der Waals surface area contributed by atoms with Crippen molar-refractivity contribution in [2.75, 3.05) is 4.90 Å². The van der Waals surface area contributed by atoms with Gasteiger partial charge in [-0.25, -0.2) is 0 Å². The van der Waals surface area contributed by atoms with Crippen molar-refractivity contribution in [3.05, 3.63) is 188 Å². The molecule has 0 N–H and O–H groups in total. The van der Waals surface area contributed by atoms with Crippen molar-refractivity contribution >= 4 is 71.3 Å². The molecule has 0 aliphatic heterocycles. The van der Waals surface area contributed by atoms with Crippen LogP contribution in [0, 0.1) is 0 Å². The van der Waals surface area contributed by atoms with Crippen LogP contribution in [0.15, 0.2) is 192 Å². The molecule has 0 aliphatic carbocycles. The SMILES string of the molecule is c1ccc(-c2ccc3oc4c(N(c5cccc(-c6cccc7ccccc67)c5)c5cc6ccccc6c6ccccc56)cccc4c3c2)cc1. The number of nitrogens with zero attached hydrogens (tertiary/aromatic N) is 1. The van der Waals surface area contributed by atoms with Gasteiger partial charge in [-0.05, 0) is 85.6 Å². The van der Waals surface area contributed by atoms with Crippen molar-refractivity contribution in [3.8, 4) is 22.3 Å². The summed E-state index contributed by atoms with van der Waals surface area (Å²) in [5.74, 6) is 0. The summed E-state index contributed by atoms with van der Waals surface area (Å²) >= 11 is 0. The van der Waals surface area contributed by atoms with Crippen molar-refractivity contribution in [1.29, 1.82) is 0 Å². The normalized spacial score (nSPS) is 11.6. The van der Waals surface area contributed by atoms with E-state index in [1.165, 1.54) is 54.6 Å². The van der Waals surface area contributed by atoms with Crippen molar-refractivity contribution in [2.45, 2.75) is 0 Å². The predicted octanol–water partition coefficient (Wildman–Crippen LogP) is 13.8. The average molecular weight is 638 g/mol. The fourth-order valence-corrected chi connectivity index (χ4v) is 7.69. The molecule has 10 rings (SSSR count). The van der Waals surface area contributed by atoms with Gasteiger partial charge in [-0.1, -0.05) is 152 Å². The molecule has 0 unspecified atom stereocenters. The van der Waals surface area contributed by atoms with Crippen molar-refractivity contribution in [1.82, 2.24) is 0 Å². The van der Waals surface area contributed by atoms with Gasteiger partial charge in [0.1, 0.15) is 5.58 Å². The molecule has 0 bridgehead atoms. The Morgan fingerprint density at radius 1 is 0.340 bits per heavy atom. The van der Waals surface area contributed by atoms with Gasteiger partial charge in [0, 0.05) is 21.8 Å². The van der Waals surface area contributed by atoms with Gasteiger partial charge in [-0.2, -0.15) is 0 Å². The fourth-order valence-electron chi connectivity index (χ4n) is 7.69. The van der Waals surface area contributed by atoms with Gasteiger partial charge < -0.3 is 9.32 Å². The molecule has 0 amide bonds. The zero-order valence-corrected chi connectivity index (χ0v) is 27.3. The summed E-state index contributed by atoms with van der Waals surface area (Å²) in [6.07, 6.45) is 0.